The summed E-state index contributed by atoms with van der Waals surface area (Å²) in [4.78, 5) is 11.9. The second kappa shape index (κ2) is 5.75. The van der Waals surface area contributed by atoms with Crippen molar-refractivity contribution >= 4 is 17.4 Å². The molecule has 1 fully saturated rings. The smallest absolute Gasteiger partial charge is 0.272 e. The molecule has 1 aromatic carbocycles. The second-order valence-electron chi connectivity index (χ2n) is 5.95. The minimum atomic E-state index is -0.149. The van der Waals surface area contributed by atoms with E-state index in [0.717, 1.165) is 29.7 Å². The molecule has 2 aromatic rings. The van der Waals surface area contributed by atoms with Crippen molar-refractivity contribution in [2.45, 2.75) is 39.7 Å². The van der Waals surface area contributed by atoms with Gasteiger partial charge in [-0.2, -0.15) is 0 Å². The lowest BCUT2D eigenvalue weighted by Gasteiger charge is -2.13. The van der Waals surface area contributed by atoms with Crippen LogP contribution in [-0.2, 0) is 0 Å². The number of amides is 1. The van der Waals surface area contributed by atoms with Gasteiger partial charge in [0.25, 0.3) is 5.91 Å². The third-order valence-electron chi connectivity index (χ3n) is 3.74. The van der Waals surface area contributed by atoms with Gasteiger partial charge >= 0.3 is 0 Å². The summed E-state index contributed by atoms with van der Waals surface area (Å²) in [5.41, 5.74) is 4.95. The standard InChI is InChI=1S/C17H20N4O/c1-10-8-11(2)16(12(3)9-10)19-15-7-6-14(20-21-15)17(22)18-13-4-5-13/h6-9,13H,4-5H2,1-3H3,(H,18,22)(H,19,21). The molecule has 0 aliphatic heterocycles. The van der Waals surface area contributed by atoms with E-state index in [1.54, 1.807) is 12.1 Å². The van der Waals surface area contributed by atoms with Gasteiger partial charge in [0, 0.05) is 11.7 Å². The molecule has 1 amide bonds. The maximum absolute atomic E-state index is 11.9. The molecule has 0 bridgehead atoms. The largest absolute Gasteiger partial charge is 0.348 e. The van der Waals surface area contributed by atoms with E-state index < -0.39 is 0 Å². The summed E-state index contributed by atoms with van der Waals surface area (Å²) in [7, 11) is 0. The lowest BCUT2D eigenvalue weighted by atomic mass is 10.1. The first-order chi connectivity index (χ1) is 10.5. The van der Waals surface area contributed by atoms with Gasteiger partial charge in [-0.15, -0.1) is 10.2 Å². The van der Waals surface area contributed by atoms with Crippen LogP contribution >= 0.6 is 0 Å². The Morgan fingerprint density at radius 1 is 1.09 bits per heavy atom. The molecule has 5 heteroatoms. The Morgan fingerprint density at radius 2 is 1.77 bits per heavy atom. The Kier molecular flexibility index (Phi) is 3.79. The molecule has 1 saturated carbocycles. The third kappa shape index (κ3) is 3.24. The molecule has 0 unspecified atom stereocenters. The van der Waals surface area contributed by atoms with Crippen molar-refractivity contribution in [1.29, 1.82) is 0 Å². The topological polar surface area (TPSA) is 66.9 Å². The molecular weight excluding hydrogens is 276 g/mol. The van der Waals surface area contributed by atoms with Crippen LogP contribution < -0.4 is 10.6 Å². The highest BCUT2D eigenvalue weighted by Crippen LogP contribution is 2.25. The highest BCUT2D eigenvalue weighted by atomic mass is 16.2. The maximum atomic E-state index is 11.9. The summed E-state index contributed by atoms with van der Waals surface area (Å²) < 4.78 is 0. The van der Waals surface area contributed by atoms with Crippen LogP contribution in [0.1, 0.15) is 40.0 Å². The van der Waals surface area contributed by atoms with E-state index in [1.807, 2.05) is 0 Å². The Hall–Kier alpha value is -2.43. The second-order valence-corrected chi connectivity index (χ2v) is 5.95. The number of hydrogen-bond donors (Lipinski definition) is 2. The fourth-order valence-electron chi connectivity index (χ4n) is 2.51. The minimum Gasteiger partial charge on any atom is -0.348 e. The molecule has 22 heavy (non-hydrogen) atoms. The number of anilines is 2. The quantitative estimate of drug-likeness (QED) is 0.910. The first-order valence-electron chi connectivity index (χ1n) is 7.52. The average molecular weight is 296 g/mol. The molecular formula is C17H20N4O. The predicted molar refractivity (Wildman–Crippen MR) is 86.5 cm³/mol. The molecule has 0 spiro atoms. The van der Waals surface area contributed by atoms with E-state index in [-0.39, 0.29) is 5.91 Å². The van der Waals surface area contributed by atoms with Crippen molar-refractivity contribution in [3.8, 4) is 0 Å². The first-order valence-corrected chi connectivity index (χ1v) is 7.52. The summed E-state index contributed by atoms with van der Waals surface area (Å²) in [5.74, 6) is 0.488. The molecule has 1 aliphatic rings. The Bertz CT molecular complexity index is 682. The van der Waals surface area contributed by atoms with E-state index in [1.165, 1.54) is 5.56 Å². The van der Waals surface area contributed by atoms with Crippen molar-refractivity contribution in [3.05, 3.63) is 46.6 Å². The molecule has 2 N–H and O–H groups in total. The van der Waals surface area contributed by atoms with Gasteiger partial charge in [0.2, 0.25) is 0 Å². The molecule has 1 aromatic heterocycles. The van der Waals surface area contributed by atoms with Gasteiger partial charge in [-0.05, 0) is 56.9 Å². The number of aromatic nitrogens is 2. The number of benzene rings is 1. The normalized spacial score (nSPS) is 13.8. The number of nitrogens with one attached hydrogen (secondary N) is 2. The molecule has 114 valence electrons. The molecule has 0 radical (unpaired) electrons. The Balaban J connectivity index is 1.74. The van der Waals surface area contributed by atoms with Gasteiger partial charge in [0.05, 0.1) is 0 Å². The summed E-state index contributed by atoms with van der Waals surface area (Å²) >= 11 is 0. The SMILES string of the molecule is Cc1cc(C)c(Nc2ccc(C(=O)NC3CC3)nn2)c(C)c1. The number of carbonyl (C=O) groups excluding carboxylic acids is 1. The number of aryl methyl sites for hydroxylation is 3. The van der Waals surface area contributed by atoms with Gasteiger partial charge in [-0.1, -0.05) is 17.7 Å². The summed E-state index contributed by atoms with van der Waals surface area (Å²) in [5, 5.41) is 14.3. The van der Waals surface area contributed by atoms with Crippen molar-refractivity contribution in [3.63, 3.8) is 0 Å². The van der Waals surface area contributed by atoms with Crippen LogP contribution in [0.2, 0.25) is 0 Å². The molecule has 3 rings (SSSR count). The molecule has 5 nitrogen and oxygen atoms in total. The predicted octanol–water partition coefficient (Wildman–Crippen LogP) is 3.04. The fraction of sp³-hybridized carbons (Fsp3) is 0.353. The van der Waals surface area contributed by atoms with Gasteiger partial charge in [-0.3, -0.25) is 4.79 Å². The van der Waals surface area contributed by atoms with Crippen molar-refractivity contribution in [1.82, 2.24) is 15.5 Å². The van der Waals surface area contributed by atoms with E-state index in [9.17, 15) is 4.79 Å². The third-order valence-corrected chi connectivity index (χ3v) is 3.74. The fourth-order valence-corrected chi connectivity index (χ4v) is 2.51. The van der Waals surface area contributed by atoms with Crippen LogP contribution in [0.4, 0.5) is 11.5 Å². The van der Waals surface area contributed by atoms with Crippen molar-refractivity contribution in [2.75, 3.05) is 5.32 Å². The zero-order valence-electron chi connectivity index (χ0n) is 13.1. The summed E-state index contributed by atoms with van der Waals surface area (Å²) in [6, 6.07) is 8.06. The Labute approximate surface area is 130 Å². The highest BCUT2D eigenvalue weighted by Gasteiger charge is 2.24. The van der Waals surface area contributed by atoms with Crippen molar-refractivity contribution in [2.24, 2.45) is 0 Å². The highest BCUT2D eigenvalue weighted by molar-refractivity contribution is 5.92. The van der Waals surface area contributed by atoms with E-state index in [4.69, 9.17) is 0 Å². The van der Waals surface area contributed by atoms with Crippen LogP contribution in [0.3, 0.4) is 0 Å². The average Bonchev–Trinajstić information content (AvgIpc) is 3.27. The monoisotopic (exact) mass is 296 g/mol. The number of hydrogen-bond acceptors (Lipinski definition) is 4. The van der Waals surface area contributed by atoms with Crippen LogP contribution in [0.15, 0.2) is 24.3 Å². The zero-order chi connectivity index (χ0) is 15.7. The van der Waals surface area contributed by atoms with E-state index in [0.29, 0.717) is 17.6 Å². The molecule has 1 heterocycles. The minimum absolute atomic E-state index is 0.149. The van der Waals surface area contributed by atoms with Gasteiger partial charge in [0.15, 0.2) is 11.5 Å². The number of carbonyl (C=O) groups is 1. The first kappa shape index (κ1) is 14.5. The van der Waals surface area contributed by atoms with Gasteiger partial charge in [0.1, 0.15) is 0 Å². The summed E-state index contributed by atoms with van der Waals surface area (Å²) in [6.45, 7) is 6.21. The maximum Gasteiger partial charge on any atom is 0.272 e. The zero-order valence-corrected chi connectivity index (χ0v) is 13.1. The van der Waals surface area contributed by atoms with E-state index >= 15 is 0 Å². The molecule has 1 aliphatic carbocycles. The van der Waals surface area contributed by atoms with Gasteiger partial charge < -0.3 is 10.6 Å². The lowest BCUT2D eigenvalue weighted by molar-refractivity contribution is 0.0945. The molecule has 0 atom stereocenters. The lowest BCUT2D eigenvalue weighted by Crippen LogP contribution is -2.26. The van der Waals surface area contributed by atoms with Crippen LogP contribution in [0.25, 0.3) is 0 Å². The van der Waals surface area contributed by atoms with Crippen LogP contribution in [0, 0.1) is 20.8 Å². The Morgan fingerprint density at radius 3 is 2.32 bits per heavy atom. The summed E-state index contributed by atoms with van der Waals surface area (Å²) in [6.07, 6.45) is 2.12. The van der Waals surface area contributed by atoms with Gasteiger partial charge in [-0.25, -0.2) is 0 Å². The number of rotatable bonds is 4. The van der Waals surface area contributed by atoms with Crippen LogP contribution in [0.5, 0.6) is 0 Å². The van der Waals surface area contributed by atoms with Crippen molar-refractivity contribution < 1.29 is 4.79 Å². The van der Waals surface area contributed by atoms with Crippen LogP contribution in [-0.4, -0.2) is 22.1 Å². The number of nitrogens with zero attached hydrogens (tertiary/aromatic N) is 2. The molecule has 0 saturated heterocycles. The van der Waals surface area contributed by atoms with E-state index in [2.05, 4.69) is 53.7 Å².